The van der Waals surface area contributed by atoms with Crippen molar-refractivity contribution in [1.29, 1.82) is 0 Å². The topological polar surface area (TPSA) is 68.9 Å². The average molecular weight is 294 g/mol. The van der Waals surface area contributed by atoms with E-state index in [0.29, 0.717) is 6.54 Å². The fraction of sp³-hybridized carbons (Fsp3) is 0.462. The van der Waals surface area contributed by atoms with E-state index in [1.54, 1.807) is 11.6 Å². The number of nitrogens with zero attached hydrogens (tertiary/aromatic N) is 3. The Hall–Kier alpha value is -1.89. The summed E-state index contributed by atoms with van der Waals surface area (Å²) in [6, 6.07) is 1.87. The number of rotatable bonds is 6. The van der Waals surface area contributed by atoms with Gasteiger partial charge in [-0.2, -0.15) is 5.10 Å². The van der Waals surface area contributed by atoms with Crippen molar-refractivity contribution in [3.8, 4) is 0 Å². The standard InChI is InChI=1S/C13H18N4O2S/c1-10(7-16-5-3-4-15-16)6-14-12(18)8-17-11(2)9-20-13(17)19/h3-5,9-10H,6-8H2,1-2H3,(H,14,18). The first kappa shape index (κ1) is 14.5. The zero-order valence-electron chi connectivity index (χ0n) is 11.6. The molecule has 2 rings (SSSR count). The summed E-state index contributed by atoms with van der Waals surface area (Å²) in [5, 5.41) is 8.74. The first-order valence-electron chi connectivity index (χ1n) is 6.45. The molecule has 0 fully saturated rings. The van der Waals surface area contributed by atoms with Crippen molar-refractivity contribution in [2.45, 2.75) is 26.9 Å². The Labute approximate surface area is 121 Å². The van der Waals surface area contributed by atoms with Gasteiger partial charge in [-0.25, -0.2) is 0 Å². The van der Waals surface area contributed by atoms with Gasteiger partial charge in [-0.15, -0.1) is 0 Å². The Bertz CT molecular complexity index is 615. The zero-order chi connectivity index (χ0) is 14.5. The summed E-state index contributed by atoms with van der Waals surface area (Å²) < 4.78 is 3.32. The van der Waals surface area contributed by atoms with Crippen molar-refractivity contribution >= 4 is 17.2 Å². The smallest absolute Gasteiger partial charge is 0.307 e. The fourth-order valence-electron chi connectivity index (χ4n) is 1.88. The van der Waals surface area contributed by atoms with Crippen molar-refractivity contribution < 1.29 is 4.79 Å². The number of hydrogen-bond acceptors (Lipinski definition) is 4. The summed E-state index contributed by atoms with van der Waals surface area (Å²) in [4.78, 5) is 23.3. The predicted molar refractivity (Wildman–Crippen MR) is 77.7 cm³/mol. The molecule has 1 N–H and O–H groups in total. The van der Waals surface area contributed by atoms with Gasteiger partial charge in [0.25, 0.3) is 0 Å². The van der Waals surface area contributed by atoms with E-state index in [4.69, 9.17) is 0 Å². The Kier molecular flexibility index (Phi) is 4.73. The van der Waals surface area contributed by atoms with Gasteiger partial charge in [0.2, 0.25) is 5.91 Å². The second kappa shape index (κ2) is 6.51. The van der Waals surface area contributed by atoms with Gasteiger partial charge in [0.15, 0.2) is 0 Å². The van der Waals surface area contributed by atoms with Gasteiger partial charge in [-0.05, 0) is 18.9 Å². The molecule has 20 heavy (non-hydrogen) atoms. The van der Waals surface area contributed by atoms with Crippen LogP contribution in [0.15, 0.2) is 28.6 Å². The van der Waals surface area contributed by atoms with E-state index < -0.39 is 0 Å². The van der Waals surface area contributed by atoms with Crippen LogP contribution >= 0.6 is 11.3 Å². The maximum Gasteiger partial charge on any atom is 0.307 e. The van der Waals surface area contributed by atoms with E-state index in [2.05, 4.69) is 10.4 Å². The molecule has 2 aromatic rings. The van der Waals surface area contributed by atoms with E-state index in [1.807, 2.05) is 30.8 Å². The molecule has 0 aliphatic heterocycles. The van der Waals surface area contributed by atoms with Crippen LogP contribution in [0.2, 0.25) is 0 Å². The molecule has 0 aliphatic carbocycles. The minimum atomic E-state index is -0.138. The molecule has 0 aliphatic rings. The SMILES string of the molecule is Cc1csc(=O)n1CC(=O)NCC(C)Cn1cccn1. The van der Waals surface area contributed by atoms with E-state index in [1.165, 1.54) is 4.57 Å². The Morgan fingerprint density at radius 3 is 2.95 bits per heavy atom. The van der Waals surface area contributed by atoms with Crippen molar-refractivity contribution in [3.63, 3.8) is 0 Å². The summed E-state index contributed by atoms with van der Waals surface area (Å²) in [5.41, 5.74) is 0.819. The molecule has 108 valence electrons. The number of amides is 1. The molecule has 0 saturated heterocycles. The van der Waals surface area contributed by atoms with Crippen LogP contribution in [0.5, 0.6) is 0 Å². The molecule has 2 aromatic heterocycles. The molecule has 1 amide bonds. The minimum Gasteiger partial charge on any atom is -0.354 e. The van der Waals surface area contributed by atoms with E-state index in [-0.39, 0.29) is 23.2 Å². The molecular formula is C13H18N4O2S. The maximum atomic E-state index is 11.8. The molecule has 2 heterocycles. The molecule has 1 unspecified atom stereocenters. The van der Waals surface area contributed by atoms with E-state index >= 15 is 0 Å². The third-order valence-electron chi connectivity index (χ3n) is 2.98. The second-order valence-electron chi connectivity index (χ2n) is 4.87. The quantitative estimate of drug-likeness (QED) is 0.859. The minimum absolute atomic E-state index is 0.0860. The highest BCUT2D eigenvalue weighted by Gasteiger charge is 2.10. The number of hydrogen-bond donors (Lipinski definition) is 1. The third kappa shape index (κ3) is 3.80. The van der Waals surface area contributed by atoms with Gasteiger partial charge in [-0.3, -0.25) is 18.8 Å². The largest absolute Gasteiger partial charge is 0.354 e. The first-order chi connectivity index (χ1) is 9.56. The first-order valence-corrected chi connectivity index (χ1v) is 7.33. The monoisotopic (exact) mass is 294 g/mol. The van der Waals surface area contributed by atoms with Crippen LogP contribution in [0, 0.1) is 12.8 Å². The molecule has 0 aromatic carbocycles. The number of carbonyl (C=O) groups excluding carboxylic acids is 1. The number of thiazole rings is 1. The highest BCUT2D eigenvalue weighted by atomic mass is 32.1. The van der Waals surface area contributed by atoms with Crippen molar-refractivity contribution in [3.05, 3.63) is 39.2 Å². The number of aryl methyl sites for hydroxylation is 1. The summed E-state index contributed by atoms with van der Waals surface area (Å²) in [7, 11) is 0. The third-order valence-corrected chi connectivity index (χ3v) is 3.86. The highest BCUT2D eigenvalue weighted by molar-refractivity contribution is 7.07. The lowest BCUT2D eigenvalue weighted by Crippen LogP contribution is -2.34. The Morgan fingerprint density at radius 1 is 1.55 bits per heavy atom. The van der Waals surface area contributed by atoms with Crippen LogP contribution in [0.3, 0.4) is 0 Å². The Morgan fingerprint density at radius 2 is 2.35 bits per heavy atom. The summed E-state index contributed by atoms with van der Waals surface area (Å²) in [6.07, 6.45) is 3.63. The van der Waals surface area contributed by atoms with Crippen LogP contribution in [0.25, 0.3) is 0 Å². The van der Waals surface area contributed by atoms with Gasteiger partial charge >= 0.3 is 4.87 Å². The maximum absolute atomic E-state index is 11.8. The highest BCUT2D eigenvalue weighted by Crippen LogP contribution is 2.00. The van der Waals surface area contributed by atoms with Gasteiger partial charge in [0.1, 0.15) is 6.54 Å². The molecule has 0 radical (unpaired) electrons. The van der Waals surface area contributed by atoms with Crippen LogP contribution in [-0.2, 0) is 17.9 Å². The van der Waals surface area contributed by atoms with Crippen LogP contribution in [0.4, 0.5) is 0 Å². The van der Waals surface area contributed by atoms with Crippen molar-refractivity contribution in [2.24, 2.45) is 5.92 Å². The van der Waals surface area contributed by atoms with Gasteiger partial charge in [0, 0.05) is 36.6 Å². The van der Waals surface area contributed by atoms with Crippen molar-refractivity contribution in [1.82, 2.24) is 19.7 Å². The molecule has 7 heteroatoms. The second-order valence-corrected chi connectivity index (χ2v) is 5.69. The zero-order valence-corrected chi connectivity index (χ0v) is 12.4. The number of carbonyl (C=O) groups is 1. The van der Waals surface area contributed by atoms with Crippen LogP contribution in [0.1, 0.15) is 12.6 Å². The average Bonchev–Trinajstić information content (AvgIpc) is 3.01. The fourth-order valence-corrected chi connectivity index (χ4v) is 2.61. The summed E-state index contributed by atoms with van der Waals surface area (Å²) in [5.74, 6) is 0.139. The van der Waals surface area contributed by atoms with Gasteiger partial charge < -0.3 is 5.32 Å². The Balaban J connectivity index is 1.79. The van der Waals surface area contributed by atoms with E-state index in [0.717, 1.165) is 23.6 Å². The summed E-state index contributed by atoms with van der Waals surface area (Å²) >= 11 is 1.12. The molecule has 0 spiro atoms. The lowest BCUT2D eigenvalue weighted by atomic mass is 10.2. The molecular weight excluding hydrogens is 276 g/mol. The molecule has 1 atom stereocenters. The van der Waals surface area contributed by atoms with Crippen LogP contribution < -0.4 is 10.2 Å². The number of nitrogens with one attached hydrogen (secondary N) is 1. The molecule has 0 bridgehead atoms. The molecule has 0 saturated carbocycles. The summed E-state index contributed by atoms with van der Waals surface area (Å²) in [6.45, 7) is 5.28. The van der Waals surface area contributed by atoms with Crippen LogP contribution in [-0.4, -0.2) is 26.8 Å². The van der Waals surface area contributed by atoms with E-state index in [9.17, 15) is 9.59 Å². The van der Waals surface area contributed by atoms with Gasteiger partial charge in [-0.1, -0.05) is 18.3 Å². The molecule has 6 nitrogen and oxygen atoms in total. The van der Waals surface area contributed by atoms with Gasteiger partial charge in [0.05, 0.1) is 0 Å². The predicted octanol–water partition coefficient (Wildman–Crippen LogP) is 0.867. The lowest BCUT2D eigenvalue weighted by molar-refractivity contribution is -0.121. The van der Waals surface area contributed by atoms with Crippen molar-refractivity contribution in [2.75, 3.05) is 6.54 Å². The number of aromatic nitrogens is 3. The lowest BCUT2D eigenvalue weighted by Gasteiger charge is -2.13. The normalized spacial score (nSPS) is 12.3.